The lowest BCUT2D eigenvalue weighted by molar-refractivity contribution is 0.102. The molecule has 0 aliphatic carbocycles. The van der Waals surface area contributed by atoms with Gasteiger partial charge in [-0.15, -0.1) is 11.3 Å². The summed E-state index contributed by atoms with van der Waals surface area (Å²) in [7, 11) is -3.05. The van der Waals surface area contributed by atoms with Crippen LogP contribution in [0.2, 0.25) is 0 Å². The SMILES string of the molecule is Cc1cc(NC(=O)c2sc(C)nc2-c2ccccc2)n([C@@H]2CCS(=O)(=O)C2)n1. The molecule has 1 N–H and O–H groups in total. The first-order valence-corrected chi connectivity index (χ1v) is 11.6. The van der Waals surface area contributed by atoms with Crippen molar-refractivity contribution in [3.05, 3.63) is 52.0 Å². The molecule has 0 radical (unpaired) electrons. The summed E-state index contributed by atoms with van der Waals surface area (Å²) in [5.74, 6) is 0.434. The number of hydrogen-bond donors (Lipinski definition) is 1. The van der Waals surface area contributed by atoms with Gasteiger partial charge in [-0.3, -0.25) is 4.79 Å². The van der Waals surface area contributed by atoms with E-state index in [1.807, 2.05) is 44.2 Å². The number of carbonyl (C=O) groups excluding carboxylic acids is 1. The molecule has 9 heteroatoms. The molecule has 0 unspecified atom stereocenters. The molecule has 28 heavy (non-hydrogen) atoms. The van der Waals surface area contributed by atoms with Crippen molar-refractivity contribution < 1.29 is 13.2 Å². The Labute approximate surface area is 167 Å². The Morgan fingerprint density at radius 3 is 2.68 bits per heavy atom. The van der Waals surface area contributed by atoms with E-state index in [4.69, 9.17) is 0 Å². The van der Waals surface area contributed by atoms with Crippen LogP contribution in [0.4, 0.5) is 5.82 Å². The van der Waals surface area contributed by atoms with Crippen LogP contribution in [0.25, 0.3) is 11.3 Å². The van der Waals surface area contributed by atoms with Crippen molar-refractivity contribution in [2.24, 2.45) is 0 Å². The third-order valence-corrected chi connectivity index (χ3v) is 7.36. The zero-order chi connectivity index (χ0) is 19.9. The Morgan fingerprint density at radius 2 is 2.00 bits per heavy atom. The van der Waals surface area contributed by atoms with Crippen molar-refractivity contribution in [3.8, 4) is 11.3 Å². The van der Waals surface area contributed by atoms with Gasteiger partial charge in [0.2, 0.25) is 0 Å². The van der Waals surface area contributed by atoms with E-state index in [1.54, 1.807) is 10.7 Å². The van der Waals surface area contributed by atoms with Crippen molar-refractivity contribution in [1.29, 1.82) is 0 Å². The molecule has 0 spiro atoms. The summed E-state index contributed by atoms with van der Waals surface area (Å²) in [6.07, 6.45) is 0.501. The van der Waals surface area contributed by atoms with Gasteiger partial charge >= 0.3 is 0 Å². The molecule has 1 saturated heterocycles. The maximum absolute atomic E-state index is 13.0. The monoisotopic (exact) mass is 416 g/mol. The number of nitrogens with one attached hydrogen (secondary N) is 1. The number of aryl methyl sites for hydroxylation is 2. The molecule has 2 aromatic heterocycles. The van der Waals surface area contributed by atoms with E-state index in [9.17, 15) is 13.2 Å². The van der Waals surface area contributed by atoms with Gasteiger partial charge in [-0.1, -0.05) is 30.3 Å². The molecule has 4 rings (SSSR count). The molecule has 1 atom stereocenters. The first-order valence-electron chi connectivity index (χ1n) is 8.93. The van der Waals surface area contributed by atoms with Crippen LogP contribution in [-0.4, -0.2) is 40.6 Å². The predicted molar refractivity (Wildman–Crippen MR) is 110 cm³/mol. The van der Waals surface area contributed by atoms with Gasteiger partial charge in [-0.05, 0) is 20.3 Å². The minimum atomic E-state index is -3.05. The van der Waals surface area contributed by atoms with Crippen LogP contribution in [-0.2, 0) is 9.84 Å². The van der Waals surface area contributed by atoms with Crippen LogP contribution in [0.1, 0.15) is 32.8 Å². The molecule has 1 amide bonds. The third-order valence-electron chi connectivity index (χ3n) is 4.64. The maximum Gasteiger partial charge on any atom is 0.269 e. The molecule has 1 fully saturated rings. The first kappa shape index (κ1) is 18.8. The Morgan fingerprint density at radius 1 is 1.25 bits per heavy atom. The number of carbonyl (C=O) groups is 1. The van der Waals surface area contributed by atoms with Crippen LogP contribution in [0.5, 0.6) is 0 Å². The minimum Gasteiger partial charge on any atom is -0.306 e. The number of aromatic nitrogens is 3. The summed E-state index contributed by atoms with van der Waals surface area (Å²) in [6.45, 7) is 3.69. The molecular formula is C19H20N4O3S2. The molecule has 7 nitrogen and oxygen atoms in total. The van der Waals surface area contributed by atoms with E-state index in [-0.39, 0.29) is 23.5 Å². The zero-order valence-electron chi connectivity index (χ0n) is 15.5. The fraction of sp³-hybridized carbons (Fsp3) is 0.316. The fourth-order valence-electron chi connectivity index (χ4n) is 3.40. The van der Waals surface area contributed by atoms with Gasteiger partial charge < -0.3 is 5.32 Å². The molecule has 1 aliphatic heterocycles. The Balaban J connectivity index is 1.64. The summed E-state index contributed by atoms with van der Waals surface area (Å²) in [5.41, 5.74) is 2.25. The van der Waals surface area contributed by atoms with Crippen molar-refractivity contribution in [2.45, 2.75) is 26.3 Å². The quantitative estimate of drug-likeness (QED) is 0.705. The number of thiazole rings is 1. The Bertz CT molecular complexity index is 1130. The average Bonchev–Trinajstić information content (AvgIpc) is 3.32. The van der Waals surface area contributed by atoms with E-state index in [0.717, 1.165) is 16.3 Å². The maximum atomic E-state index is 13.0. The zero-order valence-corrected chi connectivity index (χ0v) is 17.2. The Kier molecular flexibility index (Phi) is 4.80. The second-order valence-corrected chi connectivity index (χ2v) is 10.3. The summed E-state index contributed by atoms with van der Waals surface area (Å²) < 4.78 is 25.3. The van der Waals surface area contributed by atoms with E-state index < -0.39 is 9.84 Å². The van der Waals surface area contributed by atoms with Gasteiger partial charge in [-0.25, -0.2) is 18.1 Å². The van der Waals surface area contributed by atoms with Gasteiger partial charge in [0.1, 0.15) is 10.7 Å². The van der Waals surface area contributed by atoms with Crippen molar-refractivity contribution in [2.75, 3.05) is 16.8 Å². The van der Waals surface area contributed by atoms with Crippen molar-refractivity contribution in [1.82, 2.24) is 14.8 Å². The lowest BCUT2D eigenvalue weighted by Gasteiger charge is -2.13. The number of nitrogens with zero attached hydrogens (tertiary/aromatic N) is 3. The highest BCUT2D eigenvalue weighted by Gasteiger charge is 2.31. The summed E-state index contributed by atoms with van der Waals surface area (Å²) >= 11 is 1.33. The van der Waals surface area contributed by atoms with Crippen LogP contribution >= 0.6 is 11.3 Å². The van der Waals surface area contributed by atoms with Crippen LogP contribution in [0, 0.1) is 13.8 Å². The number of rotatable bonds is 4. The fourth-order valence-corrected chi connectivity index (χ4v) is 5.93. The number of sulfone groups is 1. The van der Waals surface area contributed by atoms with Crippen molar-refractivity contribution in [3.63, 3.8) is 0 Å². The number of hydrogen-bond acceptors (Lipinski definition) is 6. The largest absolute Gasteiger partial charge is 0.306 e. The molecular weight excluding hydrogens is 396 g/mol. The minimum absolute atomic E-state index is 0.0475. The van der Waals surface area contributed by atoms with E-state index in [2.05, 4.69) is 15.4 Å². The number of anilines is 1. The summed E-state index contributed by atoms with van der Waals surface area (Å²) in [6, 6.07) is 11.1. The normalized spacial score (nSPS) is 18.3. The number of amides is 1. The highest BCUT2D eigenvalue weighted by atomic mass is 32.2. The molecule has 1 aromatic carbocycles. The topological polar surface area (TPSA) is 94.0 Å². The third kappa shape index (κ3) is 3.72. The molecule has 146 valence electrons. The first-order chi connectivity index (χ1) is 13.3. The van der Waals surface area contributed by atoms with E-state index in [0.29, 0.717) is 22.8 Å². The summed E-state index contributed by atoms with van der Waals surface area (Å²) in [5, 5.41) is 8.13. The lowest BCUT2D eigenvalue weighted by atomic mass is 10.1. The standard InChI is InChI=1S/C19H20N4O3S2/c1-12-10-16(23(22-12)15-8-9-28(25,26)11-15)21-19(24)18-17(20-13(2)27-18)14-6-4-3-5-7-14/h3-7,10,15H,8-9,11H2,1-2H3,(H,21,24)/t15-/m1/s1. The van der Waals surface area contributed by atoms with Crippen LogP contribution in [0.15, 0.2) is 36.4 Å². The second kappa shape index (κ2) is 7.14. The van der Waals surface area contributed by atoms with E-state index >= 15 is 0 Å². The highest BCUT2D eigenvalue weighted by molar-refractivity contribution is 7.91. The average molecular weight is 417 g/mol. The van der Waals surface area contributed by atoms with E-state index in [1.165, 1.54) is 11.3 Å². The molecule has 3 aromatic rings. The van der Waals surface area contributed by atoms with Crippen LogP contribution in [0.3, 0.4) is 0 Å². The Hall–Kier alpha value is -2.52. The van der Waals surface area contributed by atoms with Gasteiger partial charge in [0.15, 0.2) is 9.84 Å². The predicted octanol–water partition coefficient (Wildman–Crippen LogP) is 3.24. The van der Waals surface area contributed by atoms with Gasteiger partial charge in [-0.2, -0.15) is 5.10 Å². The highest BCUT2D eigenvalue weighted by Crippen LogP contribution is 2.30. The lowest BCUT2D eigenvalue weighted by Crippen LogP contribution is -2.19. The molecule has 3 heterocycles. The van der Waals surface area contributed by atoms with Gasteiger partial charge in [0.25, 0.3) is 5.91 Å². The summed E-state index contributed by atoms with van der Waals surface area (Å²) in [4.78, 5) is 18.1. The number of benzene rings is 1. The molecule has 0 bridgehead atoms. The molecule has 0 saturated carbocycles. The van der Waals surface area contributed by atoms with Gasteiger partial charge in [0, 0.05) is 11.6 Å². The van der Waals surface area contributed by atoms with Crippen LogP contribution < -0.4 is 5.32 Å². The smallest absolute Gasteiger partial charge is 0.269 e. The van der Waals surface area contributed by atoms with Crippen molar-refractivity contribution >= 4 is 32.9 Å². The second-order valence-electron chi connectivity index (χ2n) is 6.90. The molecule has 1 aliphatic rings. The van der Waals surface area contributed by atoms with Gasteiger partial charge in [0.05, 0.1) is 33.9 Å².